The molecule has 28 heavy (non-hydrogen) atoms. The number of ether oxygens (including phenoxy) is 2. The van der Waals surface area contributed by atoms with Gasteiger partial charge in [-0.15, -0.1) is 11.8 Å². The van der Waals surface area contributed by atoms with Crippen LogP contribution in [0.4, 0.5) is 0 Å². The molecule has 7 heteroatoms. The Morgan fingerprint density at radius 2 is 1.71 bits per heavy atom. The summed E-state index contributed by atoms with van der Waals surface area (Å²) >= 11 is 1.61. The highest BCUT2D eigenvalue weighted by Gasteiger charge is 2.41. The maximum absolute atomic E-state index is 13.0. The minimum Gasteiger partial charge on any atom is -0.496 e. The molecule has 2 unspecified atom stereocenters. The molecule has 3 aromatic rings. The molecule has 0 bridgehead atoms. The Morgan fingerprint density at radius 3 is 2.39 bits per heavy atom. The first-order valence-corrected chi connectivity index (χ1v) is 9.93. The van der Waals surface area contributed by atoms with Gasteiger partial charge in [0.05, 0.1) is 36.1 Å². The SMILES string of the molecule is COc1cccc(OC)c1C1SC(C)C(=O)N1Cc1ccc2nccnc2c1. The van der Waals surface area contributed by atoms with E-state index in [0.717, 1.165) is 22.2 Å². The zero-order valence-electron chi connectivity index (χ0n) is 16.0. The Balaban J connectivity index is 1.73. The van der Waals surface area contributed by atoms with Gasteiger partial charge in [-0.25, -0.2) is 0 Å². The quantitative estimate of drug-likeness (QED) is 0.655. The van der Waals surface area contributed by atoms with Gasteiger partial charge in [0.1, 0.15) is 16.9 Å². The number of carbonyl (C=O) groups excluding carboxylic acids is 1. The first kappa shape index (κ1) is 18.6. The molecular weight excluding hydrogens is 374 g/mol. The molecule has 0 saturated carbocycles. The summed E-state index contributed by atoms with van der Waals surface area (Å²) in [6.45, 7) is 2.42. The number of hydrogen-bond acceptors (Lipinski definition) is 6. The highest BCUT2D eigenvalue weighted by molar-refractivity contribution is 8.01. The molecule has 1 aliphatic rings. The molecule has 1 saturated heterocycles. The fraction of sp³-hybridized carbons (Fsp3) is 0.286. The number of amides is 1. The van der Waals surface area contributed by atoms with Gasteiger partial charge in [-0.2, -0.15) is 0 Å². The maximum atomic E-state index is 13.0. The Labute approximate surface area is 167 Å². The predicted molar refractivity (Wildman–Crippen MR) is 109 cm³/mol. The fourth-order valence-electron chi connectivity index (χ4n) is 3.49. The van der Waals surface area contributed by atoms with Crippen molar-refractivity contribution in [2.45, 2.75) is 24.1 Å². The number of aromatic nitrogens is 2. The van der Waals surface area contributed by atoms with E-state index < -0.39 is 0 Å². The summed E-state index contributed by atoms with van der Waals surface area (Å²) in [5, 5.41) is -0.328. The summed E-state index contributed by atoms with van der Waals surface area (Å²) in [6.07, 6.45) is 3.35. The number of benzene rings is 2. The van der Waals surface area contributed by atoms with Gasteiger partial charge in [-0.05, 0) is 36.8 Å². The normalized spacial score (nSPS) is 19.2. The van der Waals surface area contributed by atoms with Gasteiger partial charge in [0.15, 0.2) is 0 Å². The monoisotopic (exact) mass is 395 g/mol. The van der Waals surface area contributed by atoms with Crippen molar-refractivity contribution in [3.63, 3.8) is 0 Å². The Morgan fingerprint density at radius 1 is 1.04 bits per heavy atom. The number of fused-ring (bicyclic) bond motifs is 1. The maximum Gasteiger partial charge on any atom is 0.236 e. The minimum atomic E-state index is -0.189. The Bertz CT molecular complexity index is 1000. The van der Waals surface area contributed by atoms with E-state index in [2.05, 4.69) is 9.97 Å². The van der Waals surface area contributed by atoms with Crippen LogP contribution < -0.4 is 9.47 Å². The third-order valence-electron chi connectivity index (χ3n) is 4.85. The third-order valence-corrected chi connectivity index (χ3v) is 6.20. The van der Waals surface area contributed by atoms with Crippen molar-refractivity contribution in [3.8, 4) is 11.5 Å². The molecule has 1 aliphatic heterocycles. The van der Waals surface area contributed by atoms with Crippen LogP contribution in [0.3, 0.4) is 0 Å². The van der Waals surface area contributed by atoms with Crippen LogP contribution in [0, 0.1) is 0 Å². The molecule has 1 amide bonds. The van der Waals surface area contributed by atoms with Crippen LogP contribution in [0.15, 0.2) is 48.8 Å². The van der Waals surface area contributed by atoms with E-state index in [-0.39, 0.29) is 16.5 Å². The fourth-order valence-corrected chi connectivity index (χ4v) is 4.82. The molecule has 2 atom stereocenters. The van der Waals surface area contributed by atoms with Crippen molar-refractivity contribution < 1.29 is 14.3 Å². The number of carbonyl (C=O) groups is 1. The zero-order chi connectivity index (χ0) is 19.7. The number of thioether (sulfide) groups is 1. The topological polar surface area (TPSA) is 64.6 Å². The van der Waals surface area contributed by atoms with E-state index >= 15 is 0 Å². The smallest absolute Gasteiger partial charge is 0.236 e. The van der Waals surface area contributed by atoms with Gasteiger partial charge in [0, 0.05) is 18.9 Å². The van der Waals surface area contributed by atoms with Gasteiger partial charge in [0.2, 0.25) is 5.91 Å². The molecule has 1 fully saturated rings. The Kier molecular flexibility index (Phi) is 5.09. The third kappa shape index (κ3) is 3.26. The summed E-state index contributed by atoms with van der Waals surface area (Å²) in [5.41, 5.74) is 3.55. The second-order valence-corrected chi connectivity index (χ2v) is 7.98. The second kappa shape index (κ2) is 7.67. The van der Waals surface area contributed by atoms with Crippen molar-refractivity contribution in [2.75, 3.05) is 14.2 Å². The van der Waals surface area contributed by atoms with E-state index in [1.807, 2.05) is 48.2 Å². The minimum absolute atomic E-state index is 0.0993. The molecule has 144 valence electrons. The largest absolute Gasteiger partial charge is 0.496 e. The molecule has 0 N–H and O–H groups in total. The lowest BCUT2D eigenvalue weighted by Gasteiger charge is -2.27. The molecule has 1 aromatic heterocycles. The van der Waals surface area contributed by atoms with Gasteiger partial charge < -0.3 is 14.4 Å². The summed E-state index contributed by atoms with van der Waals surface area (Å²) in [6, 6.07) is 11.6. The van der Waals surface area contributed by atoms with Crippen LogP contribution in [0.5, 0.6) is 11.5 Å². The summed E-state index contributed by atoms with van der Waals surface area (Å²) < 4.78 is 11.2. The molecular formula is C21H21N3O3S. The second-order valence-electron chi connectivity index (χ2n) is 6.55. The van der Waals surface area contributed by atoms with E-state index in [4.69, 9.17) is 9.47 Å². The molecule has 0 aliphatic carbocycles. The lowest BCUT2D eigenvalue weighted by Crippen LogP contribution is -2.30. The van der Waals surface area contributed by atoms with E-state index in [1.54, 1.807) is 38.4 Å². The van der Waals surface area contributed by atoms with Gasteiger partial charge >= 0.3 is 0 Å². The van der Waals surface area contributed by atoms with Crippen molar-refractivity contribution in [3.05, 3.63) is 59.9 Å². The van der Waals surface area contributed by atoms with E-state index in [1.165, 1.54) is 0 Å². The Hall–Kier alpha value is -2.80. The van der Waals surface area contributed by atoms with Gasteiger partial charge in [0.25, 0.3) is 0 Å². The number of rotatable bonds is 5. The van der Waals surface area contributed by atoms with E-state index in [9.17, 15) is 4.79 Å². The lowest BCUT2D eigenvalue weighted by molar-refractivity contribution is -0.130. The van der Waals surface area contributed by atoms with Crippen molar-refractivity contribution in [2.24, 2.45) is 0 Å². The lowest BCUT2D eigenvalue weighted by atomic mass is 10.1. The first-order valence-electron chi connectivity index (χ1n) is 8.99. The van der Waals surface area contributed by atoms with Crippen LogP contribution >= 0.6 is 11.8 Å². The van der Waals surface area contributed by atoms with Crippen LogP contribution in [-0.2, 0) is 11.3 Å². The van der Waals surface area contributed by atoms with Crippen LogP contribution in [0.25, 0.3) is 11.0 Å². The predicted octanol–water partition coefficient (Wildman–Crippen LogP) is 3.81. The van der Waals surface area contributed by atoms with Crippen LogP contribution in [0.1, 0.15) is 23.4 Å². The average Bonchev–Trinajstić information content (AvgIpc) is 3.01. The van der Waals surface area contributed by atoms with Gasteiger partial charge in [-0.1, -0.05) is 12.1 Å². The first-order chi connectivity index (χ1) is 13.6. The summed E-state index contributed by atoms with van der Waals surface area (Å²) in [4.78, 5) is 23.5. The number of methoxy groups -OCH3 is 2. The highest BCUT2D eigenvalue weighted by atomic mass is 32.2. The summed E-state index contributed by atoms with van der Waals surface area (Å²) in [7, 11) is 3.27. The molecule has 0 spiro atoms. The molecule has 6 nitrogen and oxygen atoms in total. The van der Waals surface area contributed by atoms with Crippen LogP contribution in [0.2, 0.25) is 0 Å². The van der Waals surface area contributed by atoms with Crippen molar-refractivity contribution in [1.29, 1.82) is 0 Å². The highest BCUT2D eigenvalue weighted by Crippen LogP contribution is 2.49. The molecule has 2 aromatic carbocycles. The molecule has 4 rings (SSSR count). The molecule has 2 heterocycles. The summed E-state index contributed by atoms with van der Waals surface area (Å²) in [5.74, 6) is 1.53. The van der Waals surface area contributed by atoms with Gasteiger partial charge in [-0.3, -0.25) is 14.8 Å². The molecule has 0 radical (unpaired) electrons. The van der Waals surface area contributed by atoms with Crippen molar-refractivity contribution >= 4 is 28.7 Å². The standard InChI is InChI=1S/C21H21N3O3S/c1-13-20(25)24(12-14-7-8-15-16(11-14)23-10-9-22-15)21(28-13)19-17(26-2)5-4-6-18(19)27-3/h4-11,13,21H,12H2,1-3H3. The average molecular weight is 395 g/mol. The number of nitrogens with zero attached hydrogens (tertiary/aromatic N) is 3. The zero-order valence-corrected chi connectivity index (χ0v) is 16.8. The number of hydrogen-bond donors (Lipinski definition) is 0. The van der Waals surface area contributed by atoms with Crippen molar-refractivity contribution in [1.82, 2.24) is 14.9 Å². The van der Waals surface area contributed by atoms with E-state index in [0.29, 0.717) is 18.0 Å². The van der Waals surface area contributed by atoms with Crippen LogP contribution in [-0.4, -0.2) is 40.2 Å².